The van der Waals surface area contributed by atoms with E-state index in [2.05, 4.69) is 20.0 Å². The van der Waals surface area contributed by atoms with Gasteiger partial charge in [-0.2, -0.15) is 0 Å². The molecule has 1 unspecified atom stereocenters. The van der Waals surface area contributed by atoms with Gasteiger partial charge in [-0.05, 0) is 44.2 Å². The van der Waals surface area contributed by atoms with Crippen molar-refractivity contribution < 1.29 is 28.6 Å². The zero-order valence-corrected chi connectivity index (χ0v) is 22.2. The van der Waals surface area contributed by atoms with Crippen LogP contribution in [0.5, 0.6) is 0 Å². The number of hydrogen-bond donors (Lipinski definition) is 2. The molecule has 208 valence electrons. The van der Waals surface area contributed by atoms with Gasteiger partial charge in [0, 0.05) is 63.6 Å². The number of esters is 1. The number of piperazine rings is 1. The van der Waals surface area contributed by atoms with Crippen molar-refractivity contribution in [3.63, 3.8) is 0 Å². The number of methoxy groups -OCH3 is 1. The van der Waals surface area contributed by atoms with Crippen LogP contribution >= 0.6 is 0 Å². The first-order valence-corrected chi connectivity index (χ1v) is 13.2. The van der Waals surface area contributed by atoms with Gasteiger partial charge in [0.1, 0.15) is 18.0 Å². The molecule has 3 saturated heterocycles. The summed E-state index contributed by atoms with van der Waals surface area (Å²) in [5.74, 6) is -0.251. The molecule has 3 heterocycles. The second-order valence-electron chi connectivity index (χ2n) is 10.0. The van der Waals surface area contributed by atoms with Crippen LogP contribution in [0.3, 0.4) is 0 Å². The zero-order valence-electron chi connectivity index (χ0n) is 22.2. The Balaban J connectivity index is 1.20. The highest BCUT2D eigenvalue weighted by molar-refractivity contribution is 6.04. The summed E-state index contributed by atoms with van der Waals surface area (Å²) < 4.78 is 15.8. The van der Waals surface area contributed by atoms with E-state index in [0.717, 1.165) is 52.1 Å². The molecule has 3 fully saturated rings. The number of nitrogens with one attached hydrogen (secondary N) is 2. The zero-order chi connectivity index (χ0) is 27.1. The molecular formula is C26H38N6O6. The summed E-state index contributed by atoms with van der Waals surface area (Å²) in [5.41, 5.74) is 1.19. The minimum absolute atomic E-state index is 0.0536. The van der Waals surface area contributed by atoms with Crippen LogP contribution in [0.2, 0.25) is 0 Å². The largest absolute Gasteiger partial charge is 0.469 e. The van der Waals surface area contributed by atoms with Gasteiger partial charge in [-0.15, -0.1) is 0 Å². The molecule has 38 heavy (non-hydrogen) atoms. The first-order chi connectivity index (χ1) is 18.3. The topological polar surface area (TPSA) is 128 Å². The average molecular weight is 531 g/mol. The number of amidine groups is 1. The molecule has 2 amide bonds. The summed E-state index contributed by atoms with van der Waals surface area (Å²) in [4.78, 5) is 44.4. The highest BCUT2D eigenvalue weighted by Gasteiger charge is 2.34. The van der Waals surface area contributed by atoms with Gasteiger partial charge in [-0.25, -0.2) is 9.59 Å². The van der Waals surface area contributed by atoms with Crippen LogP contribution in [0.15, 0.2) is 24.3 Å². The number of alkyl carbamates (subject to hydrolysis) is 1. The first-order valence-electron chi connectivity index (χ1n) is 13.2. The van der Waals surface area contributed by atoms with E-state index in [1.54, 1.807) is 29.2 Å². The molecular weight excluding hydrogens is 492 g/mol. The van der Waals surface area contributed by atoms with Crippen molar-refractivity contribution in [2.45, 2.75) is 31.5 Å². The second kappa shape index (κ2) is 13.0. The number of anilines is 1. The van der Waals surface area contributed by atoms with E-state index in [-0.39, 0.29) is 24.0 Å². The number of carbonyl (C=O) groups excluding carboxylic acids is 3. The van der Waals surface area contributed by atoms with Gasteiger partial charge in [-0.1, -0.05) is 0 Å². The molecule has 1 aromatic carbocycles. The number of cyclic esters (lactones) is 1. The van der Waals surface area contributed by atoms with Crippen molar-refractivity contribution in [3.8, 4) is 0 Å². The van der Waals surface area contributed by atoms with Gasteiger partial charge in [0.05, 0.1) is 20.1 Å². The lowest BCUT2D eigenvalue weighted by atomic mass is 10.1. The molecule has 1 atom stereocenters. The molecule has 1 aromatic rings. The molecule has 0 bridgehead atoms. The maximum Gasteiger partial charge on any atom is 0.414 e. The lowest BCUT2D eigenvalue weighted by Crippen LogP contribution is -2.49. The molecule has 2 N–H and O–H groups in total. The SMILES string of the molecule is COC(=O)CCN1CCN(CC2CN(c3ccc(C(=N)NC(=O)OC4CCN(C)CC4)cc3)C(=O)O2)CC1. The van der Waals surface area contributed by atoms with Crippen LogP contribution in [0.25, 0.3) is 0 Å². The maximum absolute atomic E-state index is 12.5. The second-order valence-corrected chi connectivity index (χ2v) is 10.0. The third-order valence-corrected chi connectivity index (χ3v) is 7.29. The van der Waals surface area contributed by atoms with Crippen LogP contribution in [0.4, 0.5) is 15.3 Å². The number of piperidine rings is 1. The summed E-state index contributed by atoms with van der Waals surface area (Å²) in [7, 11) is 3.44. The van der Waals surface area contributed by atoms with E-state index in [0.29, 0.717) is 37.3 Å². The molecule has 12 nitrogen and oxygen atoms in total. The third kappa shape index (κ3) is 7.65. The highest BCUT2D eigenvalue weighted by atomic mass is 16.6. The summed E-state index contributed by atoms with van der Waals surface area (Å²) in [5, 5.41) is 10.7. The normalized spacial score (nSPS) is 21.7. The van der Waals surface area contributed by atoms with Crippen molar-refractivity contribution in [2.24, 2.45) is 0 Å². The summed E-state index contributed by atoms with van der Waals surface area (Å²) >= 11 is 0. The molecule has 0 radical (unpaired) electrons. The van der Waals surface area contributed by atoms with E-state index >= 15 is 0 Å². The Kier molecular flexibility index (Phi) is 9.53. The molecule has 0 aromatic heterocycles. The van der Waals surface area contributed by atoms with Crippen LogP contribution in [-0.2, 0) is 19.0 Å². The lowest BCUT2D eigenvalue weighted by molar-refractivity contribution is -0.141. The van der Waals surface area contributed by atoms with Crippen LogP contribution in [-0.4, -0.2) is 124 Å². The average Bonchev–Trinajstić information content (AvgIpc) is 3.29. The predicted molar refractivity (Wildman–Crippen MR) is 141 cm³/mol. The molecule has 4 rings (SSSR count). The number of amides is 2. The van der Waals surface area contributed by atoms with Crippen molar-refractivity contribution in [2.75, 3.05) is 78.0 Å². The molecule has 3 aliphatic rings. The molecule has 0 aliphatic carbocycles. The fourth-order valence-electron chi connectivity index (χ4n) is 4.93. The Morgan fingerprint density at radius 2 is 1.71 bits per heavy atom. The van der Waals surface area contributed by atoms with Crippen molar-refractivity contribution in [3.05, 3.63) is 29.8 Å². The van der Waals surface area contributed by atoms with Gasteiger partial charge < -0.3 is 24.0 Å². The molecule has 0 saturated carbocycles. The minimum atomic E-state index is -0.621. The number of ether oxygens (including phenoxy) is 3. The minimum Gasteiger partial charge on any atom is -0.469 e. The lowest BCUT2D eigenvalue weighted by Gasteiger charge is -2.35. The standard InChI is InChI=1S/C26H38N6O6/c1-29-10-7-21(8-11-29)37-25(34)28-24(27)19-3-5-20(6-4-19)32-18-22(38-26(32)35)17-31-15-13-30(14-16-31)12-9-23(33)36-2/h3-6,21-22H,7-18H2,1-2H3,(H2,27,28,34). The van der Waals surface area contributed by atoms with E-state index in [4.69, 9.17) is 19.6 Å². The first kappa shape index (κ1) is 27.8. The quantitative estimate of drug-likeness (QED) is 0.221. The smallest absolute Gasteiger partial charge is 0.414 e. The summed E-state index contributed by atoms with van der Waals surface area (Å²) in [6, 6.07) is 6.89. The number of likely N-dealkylation sites (tertiary alicyclic amines) is 1. The molecule has 3 aliphatic heterocycles. The van der Waals surface area contributed by atoms with Gasteiger partial charge >= 0.3 is 18.2 Å². The van der Waals surface area contributed by atoms with Gasteiger partial charge in [0.25, 0.3) is 0 Å². The van der Waals surface area contributed by atoms with Gasteiger partial charge in [0.2, 0.25) is 0 Å². The maximum atomic E-state index is 12.5. The fraction of sp³-hybridized carbons (Fsp3) is 0.615. The fourth-order valence-corrected chi connectivity index (χ4v) is 4.93. The Hall–Kier alpha value is -3.22. The van der Waals surface area contributed by atoms with E-state index in [1.165, 1.54) is 7.11 Å². The number of rotatable bonds is 8. The monoisotopic (exact) mass is 530 g/mol. The van der Waals surface area contributed by atoms with E-state index < -0.39 is 12.2 Å². The Morgan fingerprint density at radius 3 is 2.37 bits per heavy atom. The Bertz CT molecular complexity index is 988. The van der Waals surface area contributed by atoms with Crippen molar-refractivity contribution in [1.82, 2.24) is 20.0 Å². The van der Waals surface area contributed by atoms with Crippen molar-refractivity contribution >= 4 is 29.7 Å². The van der Waals surface area contributed by atoms with Crippen LogP contribution in [0.1, 0.15) is 24.8 Å². The van der Waals surface area contributed by atoms with E-state index in [9.17, 15) is 14.4 Å². The van der Waals surface area contributed by atoms with Gasteiger partial charge in [0.15, 0.2) is 0 Å². The highest BCUT2D eigenvalue weighted by Crippen LogP contribution is 2.23. The molecule has 12 heteroatoms. The van der Waals surface area contributed by atoms with Gasteiger partial charge in [-0.3, -0.25) is 25.3 Å². The Morgan fingerprint density at radius 1 is 1.05 bits per heavy atom. The third-order valence-electron chi connectivity index (χ3n) is 7.29. The number of nitrogens with zero attached hydrogens (tertiary/aromatic N) is 4. The van der Waals surface area contributed by atoms with Crippen LogP contribution in [0, 0.1) is 5.41 Å². The summed E-state index contributed by atoms with van der Waals surface area (Å²) in [6.07, 6.45) is 0.572. The number of benzene rings is 1. The predicted octanol–water partition coefficient (Wildman–Crippen LogP) is 1.34. The Labute approximate surface area is 223 Å². The van der Waals surface area contributed by atoms with Crippen LogP contribution < -0.4 is 10.2 Å². The number of carbonyl (C=O) groups is 3. The number of hydrogen-bond acceptors (Lipinski definition) is 10. The van der Waals surface area contributed by atoms with Crippen molar-refractivity contribution in [1.29, 1.82) is 5.41 Å². The van der Waals surface area contributed by atoms with E-state index in [1.807, 2.05) is 7.05 Å². The molecule has 0 spiro atoms. The summed E-state index contributed by atoms with van der Waals surface area (Å²) in [6.45, 7) is 6.95.